The molecular formula is C16H31NO. The average molecular weight is 253 g/mol. The highest BCUT2D eigenvalue weighted by molar-refractivity contribution is 4.85. The highest BCUT2D eigenvalue weighted by Crippen LogP contribution is 2.35. The minimum atomic E-state index is 0.468. The van der Waals surface area contributed by atoms with Gasteiger partial charge in [0.25, 0.3) is 0 Å². The predicted molar refractivity (Wildman–Crippen MR) is 76.8 cm³/mol. The first-order valence-corrected chi connectivity index (χ1v) is 7.94. The molecule has 1 heterocycles. The third-order valence-corrected chi connectivity index (χ3v) is 4.94. The van der Waals surface area contributed by atoms with Crippen LogP contribution in [0.1, 0.15) is 65.7 Å². The maximum Gasteiger partial charge on any atom is 0.0612 e. The van der Waals surface area contributed by atoms with Crippen molar-refractivity contribution in [2.75, 3.05) is 13.2 Å². The first-order chi connectivity index (χ1) is 8.59. The van der Waals surface area contributed by atoms with E-state index in [0.29, 0.717) is 23.5 Å². The van der Waals surface area contributed by atoms with Crippen LogP contribution in [0.25, 0.3) is 0 Å². The van der Waals surface area contributed by atoms with Crippen molar-refractivity contribution in [3.63, 3.8) is 0 Å². The molecule has 106 valence electrons. The van der Waals surface area contributed by atoms with Crippen LogP contribution in [-0.2, 0) is 4.74 Å². The van der Waals surface area contributed by atoms with E-state index in [4.69, 9.17) is 4.74 Å². The van der Waals surface area contributed by atoms with Gasteiger partial charge in [-0.2, -0.15) is 0 Å². The monoisotopic (exact) mass is 253 g/mol. The van der Waals surface area contributed by atoms with Crippen LogP contribution in [0, 0.1) is 11.3 Å². The first kappa shape index (κ1) is 14.3. The minimum absolute atomic E-state index is 0.468. The lowest BCUT2D eigenvalue weighted by Crippen LogP contribution is -2.45. The van der Waals surface area contributed by atoms with E-state index in [-0.39, 0.29) is 0 Å². The Bertz CT molecular complexity index is 245. The van der Waals surface area contributed by atoms with Gasteiger partial charge < -0.3 is 10.1 Å². The second-order valence-electron chi connectivity index (χ2n) is 7.13. The van der Waals surface area contributed by atoms with Crippen molar-refractivity contribution in [2.45, 2.75) is 77.9 Å². The highest BCUT2D eigenvalue weighted by Gasteiger charge is 2.29. The van der Waals surface area contributed by atoms with Gasteiger partial charge in [0.15, 0.2) is 0 Å². The second kappa shape index (κ2) is 6.38. The van der Waals surface area contributed by atoms with E-state index in [1.165, 1.54) is 51.5 Å². The van der Waals surface area contributed by atoms with Crippen LogP contribution in [0.2, 0.25) is 0 Å². The van der Waals surface area contributed by atoms with Crippen LogP contribution < -0.4 is 5.32 Å². The van der Waals surface area contributed by atoms with Crippen LogP contribution in [0.5, 0.6) is 0 Å². The van der Waals surface area contributed by atoms with Gasteiger partial charge in [0, 0.05) is 19.2 Å². The van der Waals surface area contributed by atoms with E-state index in [2.05, 4.69) is 26.1 Å². The van der Waals surface area contributed by atoms with Crippen LogP contribution in [0.3, 0.4) is 0 Å². The molecule has 0 radical (unpaired) electrons. The summed E-state index contributed by atoms with van der Waals surface area (Å²) in [6, 6.07) is 0.685. The van der Waals surface area contributed by atoms with Crippen molar-refractivity contribution < 1.29 is 4.74 Å². The fourth-order valence-corrected chi connectivity index (χ4v) is 3.45. The van der Waals surface area contributed by atoms with Gasteiger partial charge in [0.1, 0.15) is 0 Å². The molecule has 2 aliphatic rings. The molecular weight excluding hydrogens is 222 g/mol. The largest absolute Gasteiger partial charge is 0.378 e. The van der Waals surface area contributed by atoms with E-state index in [0.717, 1.165) is 6.61 Å². The lowest BCUT2D eigenvalue weighted by atomic mass is 9.75. The molecule has 2 heteroatoms. The summed E-state index contributed by atoms with van der Waals surface area (Å²) in [5.41, 5.74) is 0.559. The summed E-state index contributed by atoms with van der Waals surface area (Å²) in [7, 11) is 0. The Kier molecular flexibility index (Phi) is 5.08. The van der Waals surface area contributed by atoms with Crippen molar-refractivity contribution in [1.82, 2.24) is 5.32 Å². The van der Waals surface area contributed by atoms with Gasteiger partial charge in [-0.1, -0.05) is 40.0 Å². The molecule has 0 spiro atoms. The molecule has 2 fully saturated rings. The van der Waals surface area contributed by atoms with Crippen LogP contribution in [0.4, 0.5) is 0 Å². The molecule has 2 unspecified atom stereocenters. The van der Waals surface area contributed by atoms with Crippen molar-refractivity contribution in [3.8, 4) is 0 Å². The Hall–Kier alpha value is -0.0800. The fourth-order valence-electron chi connectivity index (χ4n) is 3.45. The molecule has 0 aromatic rings. The topological polar surface area (TPSA) is 21.3 Å². The number of rotatable bonds is 4. The third-order valence-electron chi connectivity index (χ3n) is 4.94. The lowest BCUT2D eigenvalue weighted by molar-refractivity contribution is -0.0260. The summed E-state index contributed by atoms with van der Waals surface area (Å²) in [5, 5.41) is 3.84. The van der Waals surface area contributed by atoms with Crippen LogP contribution in [-0.4, -0.2) is 25.3 Å². The van der Waals surface area contributed by atoms with Gasteiger partial charge in [-0.15, -0.1) is 0 Å². The van der Waals surface area contributed by atoms with Crippen molar-refractivity contribution >= 4 is 0 Å². The van der Waals surface area contributed by atoms with E-state index in [1.807, 2.05) is 0 Å². The average Bonchev–Trinajstić information content (AvgIpc) is 2.38. The number of hydrogen-bond acceptors (Lipinski definition) is 2. The summed E-state index contributed by atoms with van der Waals surface area (Å²) in [5.74, 6) is 0.653. The van der Waals surface area contributed by atoms with Crippen molar-refractivity contribution in [2.24, 2.45) is 11.3 Å². The maximum atomic E-state index is 5.85. The van der Waals surface area contributed by atoms with Crippen molar-refractivity contribution in [1.29, 1.82) is 0 Å². The summed E-state index contributed by atoms with van der Waals surface area (Å²) in [6.45, 7) is 9.17. The first-order valence-electron chi connectivity index (χ1n) is 7.94. The van der Waals surface area contributed by atoms with Gasteiger partial charge >= 0.3 is 0 Å². The van der Waals surface area contributed by atoms with Crippen LogP contribution in [0.15, 0.2) is 0 Å². The number of nitrogens with one attached hydrogen (secondary N) is 1. The maximum absolute atomic E-state index is 5.85. The van der Waals surface area contributed by atoms with Crippen molar-refractivity contribution in [3.05, 3.63) is 0 Å². The quantitative estimate of drug-likeness (QED) is 0.824. The Labute approximate surface area is 113 Å². The standard InChI is InChI=1S/C16H31NO/c1-13(2)15-11-14(7-10-18-15)17-12-16(3)8-5-4-6-9-16/h13-15,17H,4-12H2,1-3H3. The summed E-state index contributed by atoms with van der Waals surface area (Å²) in [4.78, 5) is 0. The zero-order valence-electron chi connectivity index (χ0n) is 12.5. The smallest absolute Gasteiger partial charge is 0.0612 e. The Balaban J connectivity index is 1.75. The van der Waals surface area contributed by atoms with E-state index >= 15 is 0 Å². The van der Waals surface area contributed by atoms with E-state index in [9.17, 15) is 0 Å². The molecule has 2 nitrogen and oxygen atoms in total. The Morgan fingerprint density at radius 1 is 1.22 bits per heavy atom. The summed E-state index contributed by atoms with van der Waals surface area (Å²) >= 11 is 0. The Morgan fingerprint density at radius 2 is 1.94 bits per heavy atom. The van der Waals surface area contributed by atoms with Gasteiger partial charge in [0.05, 0.1) is 6.10 Å². The molecule has 1 saturated heterocycles. The molecule has 0 aromatic carbocycles. The van der Waals surface area contributed by atoms with Gasteiger partial charge in [0.2, 0.25) is 0 Å². The summed E-state index contributed by atoms with van der Waals surface area (Å²) in [6.07, 6.45) is 10.00. The number of ether oxygens (including phenoxy) is 1. The molecule has 2 atom stereocenters. The molecule has 1 N–H and O–H groups in total. The van der Waals surface area contributed by atoms with Gasteiger partial charge in [-0.3, -0.25) is 0 Å². The third kappa shape index (κ3) is 3.96. The lowest BCUT2D eigenvalue weighted by Gasteiger charge is -2.38. The zero-order valence-corrected chi connectivity index (χ0v) is 12.5. The van der Waals surface area contributed by atoms with Gasteiger partial charge in [-0.25, -0.2) is 0 Å². The molecule has 2 rings (SSSR count). The molecule has 18 heavy (non-hydrogen) atoms. The molecule has 0 amide bonds. The second-order valence-corrected chi connectivity index (χ2v) is 7.13. The molecule has 0 aromatic heterocycles. The number of hydrogen-bond donors (Lipinski definition) is 1. The molecule has 0 bridgehead atoms. The summed E-state index contributed by atoms with van der Waals surface area (Å²) < 4.78 is 5.85. The molecule has 1 aliphatic heterocycles. The van der Waals surface area contributed by atoms with Crippen LogP contribution >= 0.6 is 0 Å². The molecule has 1 aliphatic carbocycles. The normalized spacial score (nSPS) is 32.7. The zero-order chi connectivity index (χ0) is 13.0. The predicted octanol–water partition coefficient (Wildman–Crippen LogP) is 3.75. The highest BCUT2D eigenvalue weighted by atomic mass is 16.5. The molecule has 1 saturated carbocycles. The van der Waals surface area contributed by atoms with Gasteiger partial charge in [-0.05, 0) is 37.0 Å². The Morgan fingerprint density at radius 3 is 2.61 bits per heavy atom. The SMILES string of the molecule is CC(C)C1CC(NCC2(C)CCCCC2)CCO1. The van der Waals surface area contributed by atoms with E-state index < -0.39 is 0 Å². The minimum Gasteiger partial charge on any atom is -0.378 e. The van der Waals surface area contributed by atoms with E-state index in [1.54, 1.807) is 0 Å². The fraction of sp³-hybridized carbons (Fsp3) is 1.00.